The molecule has 1 atom stereocenters. The summed E-state index contributed by atoms with van der Waals surface area (Å²) in [6.45, 7) is 0.822. The molecule has 0 saturated heterocycles. The van der Waals surface area contributed by atoms with E-state index in [0.29, 0.717) is 6.04 Å². The standard InChI is InChI=1S/C14H17N3O/c1-16(10-5-6-10)11-7-9-3-2-4-12-13(9)17(8-11)14(18)15-12/h2-4,10-11H,5-8H2,1H3,(H,15,18). The lowest BCUT2D eigenvalue weighted by atomic mass is 9.99. The summed E-state index contributed by atoms with van der Waals surface area (Å²) in [5, 5.41) is 0. The molecular weight excluding hydrogens is 226 g/mol. The van der Waals surface area contributed by atoms with Gasteiger partial charge in [-0.3, -0.25) is 9.47 Å². The predicted octanol–water partition coefficient (Wildman–Crippen LogP) is 1.35. The number of imidazole rings is 1. The molecule has 0 spiro atoms. The molecule has 4 rings (SSSR count). The topological polar surface area (TPSA) is 41.0 Å². The number of hydrogen-bond donors (Lipinski definition) is 1. The SMILES string of the molecule is CN(C1CC1)C1Cc2cccc3[nH]c(=O)n(c23)C1. The highest BCUT2D eigenvalue weighted by atomic mass is 16.1. The third-order valence-corrected chi connectivity index (χ3v) is 4.42. The van der Waals surface area contributed by atoms with E-state index in [0.717, 1.165) is 30.0 Å². The maximum absolute atomic E-state index is 12.0. The first-order valence-corrected chi connectivity index (χ1v) is 6.66. The van der Waals surface area contributed by atoms with Crippen LogP contribution in [0.15, 0.2) is 23.0 Å². The van der Waals surface area contributed by atoms with Gasteiger partial charge in [0.2, 0.25) is 0 Å². The second-order valence-electron chi connectivity index (χ2n) is 5.61. The molecule has 0 radical (unpaired) electrons. The lowest BCUT2D eigenvalue weighted by Crippen LogP contribution is -2.42. The minimum Gasteiger partial charge on any atom is -0.306 e. The maximum atomic E-state index is 12.0. The van der Waals surface area contributed by atoms with Gasteiger partial charge in [0.15, 0.2) is 0 Å². The van der Waals surface area contributed by atoms with Crippen molar-refractivity contribution in [3.63, 3.8) is 0 Å². The molecule has 94 valence electrons. The van der Waals surface area contributed by atoms with Gasteiger partial charge in [0.1, 0.15) is 0 Å². The van der Waals surface area contributed by atoms with Crippen LogP contribution in [-0.2, 0) is 13.0 Å². The minimum absolute atomic E-state index is 0.0337. The molecule has 4 heteroatoms. The summed E-state index contributed by atoms with van der Waals surface area (Å²) in [5.74, 6) is 0. The number of H-pyrrole nitrogens is 1. The number of rotatable bonds is 2. The summed E-state index contributed by atoms with van der Waals surface area (Å²) < 4.78 is 1.91. The van der Waals surface area contributed by atoms with E-state index in [1.165, 1.54) is 18.4 Å². The third kappa shape index (κ3) is 1.38. The van der Waals surface area contributed by atoms with Gasteiger partial charge in [-0.25, -0.2) is 4.79 Å². The summed E-state index contributed by atoms with van der Waals surface area (Å²) in [6, 6.07) is 7.38. The van der Waals surface area contributed by atoms with Crippen molar-refractivity contribution in [3.8, 4) is 0 Å². The Balaban J connectivity index is 1.82. The molecule has 1 saturated carbocycles. The van der Waals surface area contributed by atoms with Crippen LogP contribution in [0.25, 0.3) is 11.0 Å². The molecule has 0 bridgehead atoms. The van der Waals surface area contributed by atoms with E-state index < -0.39 is 0 Å². The van der Waals surface area contributed by atoms with E-state index in [9.17, 15) is 4.79 Å². The second kappa shape index (κ2) is 3.48. The predicted molar refractivity (Wildman–Crippen MR) is 70.8 cm³/mol. The molecule has 1 N–H and O–H groups in total. The summed E-state index contributed by atoms with van der Waals surface area (Å²) in [6.07, 6.45) is 3.68. The number of para-hydroxylation sites is 1. The number of likely N-dealkylation sites (N-methyl/N-ethyl adjacent to an activating group) is 1. The molecule has 2 aliphatic rings. The first-order chi connectivity index (χ1) is 8.74. The highest BCUT2D eigenvalue weighted by Gasteiger charge is 2.33. The zero-order chi connectivity index (χ0) is 12.3. The number of hydrogen-bond acceptors (Lipinski definition) is 2. The Hall–Kier alpha value is -1.55. The van der Waals surface area contributed by atoms with E-state index >= 15 is 0 Å². The van der Waals surface area contributed by atoms with Gasteiger partial charge in [-0.05, 0) is 37.9 Å². The molecule has 1 aliphatic carbocycles. The normalized spacial score (nSPS) is 22.9. The van der Waals surface area contributed by atoms with Crippen LogP contribution in [0.2, 0.25) is 0 Å². The lowest BCUT2D eigenvalue weighted by Gasteiger charge is -2.31. The molecular formula is C14H17N3O. The number of aromatic nitrogens is 2. The van der Waals surface area contributed by atoms with Gasteiger partial charge < -0.3 is 4.98 Å². The zero-order valence-corrected chi connectivity index (χ0v) is 10.5. The van der Waals surface area contributed by atoms with Gasteiger partial charge in [0.25, 0.3) is 0 Å². The van der Waals surface area contributed by atoms with Crippen LogP contribution in [0, 0.1) is 0 Å². The van der Waals surface area contributed by atoms with Crippen molar-refractivity contribution in [1.82, 2.24) is 14.5 Å². The molecule has 18 heavy (non-hydrogen) atoms. The zero-order valence-electron chi connectivity index (χ0n) is 10.5. The largest absolute Gasteiger partial charge is 0.326 e. The maximum Gasteiger partial charge on any atom is 0.326 e. The Labute approximate surface area is 105 Å². The molecule has 1 aromatic heterocycles. The summed E-state index contributed by atoms with van der Waals surface area (Å²) in [7, 11) is 2.20. The van der Waals surface area contributed by atoms with Crippen molar-refractivity contribution in [2.75, 3.05) is 7.05 Å². The van der Waals surface area contributed by atoms with Gasteiger partial charge in [0.05, 0.1) is 11.0 Å². The highest BCUT2D eigenvalue weighted by molar-refractivity contribution is 5.79. The Morgan fingerprint density at radius 3 is 2.94 bits per heavy atom. The van der Waals surface area contributed by atoms with Gasteiger partial charge in [-0.1, -0.05) is 12.1 Å². The summed E-state index contributed by atoms with van der Waals surface area (Å²) in [5.41, 5.74) is 3.42. The quantitative estimate of drug-likeness (QED) is 0.865. The number of benzene rings is 1. The molecule has 0 amide bonds. The van der Waals surface area contributed by atoms with Crippen LogP contribution >= 0.6 is 0 Å². The Morgan fingerprint density at radius 1 is 1.33 bits per heavy atom. The molecule has 1 aromatic carbocycles. The Morgan fingerprint density at radius 2 is 2.17 bits per heavy atom. The van der Waals surface area contributed by atoms with Crippen molar-refractivity contribution < 1.29 is 0 Å². The van der Waals surface area contributed by atoms with Crippen molar-refractivity contribution in [2.24, 2.45) is 0 Å². The molecule has 2 aromatic rings. The first-order valence-electron chi connectivity index (χ1n) is 6.66. The Kier molecular flexibility index (Phi) is 2.01. The van der Waals surface area contributed by atoms with E-state index in [4.69, 9.17) is 0 Å². The van der Waals surface area contributed by atoms with Crippen LogP contribution in [-0.4, -0.2) is 33.6 Å². The van der Waals surface area contributed by atoms with Crippen LogP contribution in [0.1, 0.15) is 18.4 Å². The minimum atomic E-state index is 0.0337. The van der Waals surface area contributed by atoms with Gasteiger partial charge >= 0.3 is 5.69 Å². The van der Waals surface area contributed by atoms with E-state index in [1.807, 2.05) is 16.7 Å². The fourth-order valence-electron chi connectivity index (χ4n) is 3.22. The van der Waals surface area contributed by atoms with Crippen LogP contribution in [0.3, 0.4) is 0 Å². The van der Waals surface area contributed by atoms with Crippen molar-refractivity contribution in [1.29, 1.82) is 0 Å². The van der Waals surface area contributed by atoms with E-state index in [1.54, 1.807) is 0 Å². The van der Waals surface area contributed by atoms with Crippen molar-refractivity contribution in [2.45, 2.75) is 37.9 Å². The highest BCUT2D eigenvalue weighted by Crippen LogP contribution is 2.31. The molecule has 1 unspecified atom stereocenters. The number of nitrogens with one attached hydrogen (secondary N) is 1. The monoisotopic (exact) mass is 243 g/mol. The summed E-state index contributed by atoms with van der Waals surface area (Å²) >= 11 is 0. The molecule has 2 heterocycles. The Bertz CT molecular complexity index is 665. The summed E-state index contributed by atoms with van der Waals surface area (Å²) in [4.78, 5) is 17.4. The number of nitrogens with zero attached hydrogens (tertiary/aromatic N) is 2. The van der Waals surface area contributed by atoms with Crippen molar-refractivity contribution in [3.05, 3.63) is 34.2 Å². The first kappa shape index (κ1) is 10.4. The molecule has 4 nitrogen and oxygen atoms in total. The van der Waals surface area contributed by atoms with Crippen LogP contribution in [0.5, 0.6) is 0 Å². The average molecular weight is 243 g/mol. The fourth-order valence-corrected chi connectivity index (χ4v) is 3.22. The van der Waals surface area contributed by atoms with Gasteiger partial charge in [-0.15, -0.1) is 0 Å². The van der Waals surface area contributed by atoms with Crippen LogP contribution < -0.4 is 5.69 Å². The van der Waals surface area contributed by atoms with E-state index in [-0.39, 0.29) is 5.69 Å². The fraction of sp³-hybridized carbons (Fsp3) is 0.500. The third-order valence-electron chi connectivity index (χ3n) is 4.42. The smallest absolute Gasteiger partial charge is 0.306 e. The van der Waals surface area contributed by atoms with Crippen molar-refractivity contribution >= 4 is 11.0 Å². The lowest BCUT2D eigenvalue weighted by molar-refractivity contribution is 0.204. The molecule has 1 fully saturated rings. The van der Waals surface area contributed by atoms with E-state index in [2.05, 4.69) is 23.0 Å². The second-order valence-corrected chi connectivity index (χ2v) is 5.61. The average Bonchev–Trinajstić information content (AvgIpc) is 3.16. The van der Waals surface area contributed by atoms with Gasteiger partial charge in [-0.2, -0.15) is 0 Å². The molecule has 1 aliphatic heterocycles. The van der Waals surface area contributed by atoms with Crippen LogP contribution in [0.4, 0.5) is 0 Å². The van der Waals surface area contributed by atoms with Gasteiger partial charge in [0, 0.05) is 18.6 Å². The number of aromatic amines is 1.